The molecule has 2 aromatic carbocycles. The van der Waals surface area contributed by atoms with Crippen LogP contribution in [0.15, 0.2) is 57.8 Å². The van der Waals surface area contributed by atoms with Crippen LogP contribution in [0.3, 0.4) is 0 Å². The Hall–Kier alpha value is -3.45. The van der Waals surface area contributed by atoms with Crippen LogP contribution in [-0.4, -0.2) is 37.1 Å². The number of methoxy groups -OCH3 is 2. The molecule has 1 heterocycles. The topological polar surface area (TPSA) is 98.4 Å². The number of benzene rings is 2. The molecule has 0 spiro atoms. The molecule has 1 unspecified atom stereocenters. The summed E-state index contributed by atoms with van der Waals surface area (Å²) in [7, 11) is 2.81. The van der Waals surface area contributed by atoms with Crippen LogP contribution in [-0.2, 0) is 0 Å². The van der Waals surface area contributed by atoms with E-state index in [9.17, 15) is 15.0 Å². The number of aliphatic hydroxyl groups excluding tert-OH is 1. The summed E-state index contributed by atoms with van der Waals surface area (Å²) >= 11 is 0. The van der Waals surface area contributed by atoms with E-state index in [1.54, 1.807) is 31.2 Å². The second-order valence-electron chi connectivity index (χ2n) is 6.47. The molecule has 29 heavy (non-hydrogen) atoms. The van der Waals surface area contributed by atoms with Gasteiger partial charge in [0.05, 0.1) is 20.8 Å². The van der Waals surface area contributed by atoms with Crippen molar-refractivity contribution in [1.82, 2.24) is 0 Å². The van der Waals surface area contributed by atoms with Gasteiger partial charge in [0.1, 0.15) is 34.3 Å². The summed E-state index contributed by atoms with van der Waals surface area (Å²) in [5.74, 6) is 0.811. The summed E-state index contributed by atoms with van der Waals surface area (Å²) < 4.78 is 22.0. The Morgan fingerprint density at radius 1 is 1.14 bits per heavy atom. The Morgan fingerprint density at radius 3 is 2.38 bits per heavy atom. The third-order valence-electron chi connectivity index (χ3n) is 4.46. The van der Waals surface area contributed by atoms with Crippen molar-refractivity contribution in [3.8, 4) is 34.3 Å². The third-order valence-corrected chi connectivity index (χ3v) is 4.46. The van der Waals surface area contributed by atoms with Crippen molar-refractivity contribution in [3.05, 3.63) is 58.8 Å². The summed E-state index contributed by atoms with van der Waals surface area (Å²) in [6.07, 6.45) is -0.510. The van der Waals surface area contributed by atoms with E-state index in [1.807, 2.05) is 0 Å². The zero-order chi connectivity index (χ0) is 21.1. The van der Waals surface area contributed by atoms with Crippen molar-refractivity contribution in [3.63, 3.8) is 0 Å². The fourth-order valence-corrected chi connectivity index (χ4v) is 2.89. The van der Waals surface area contributed by atoms with Gasteiger partial charge in [-0.2, -0.15) is 0 Å². The average molecular weight is 398 g/mol. The molecule has 152 valence electrons. The first kappa shape index (κ1) is 20.3. The van der Waals surface area contributed by atoms with Crippen LogP contribution in [0, 0.1) is 0 Å². The number of hydrogen-bond donors (Lipinski definition) is 2. The number of hydrogen-bond acceptors (Lipinski definition) is 7. The van der Waals surface area contributed by atoms with Crippen LogP contribution < -0.4 is 19.6 Å². The van der Waals surface area contributed by atoms with Gasteiger partial charge in [0.15, 0.2) is 5.76 Å². The van der Waals surface area contributed by atoms with E-state index in [4.69, 9.17) is 18.6 Å². The molecule has 7 nitrogen and oxygen atoms in total. The van der Waals surface area contributed by atoms with E-state index in [-0.39, 0.29) is 34.8 Å². The fraction of sp³-hybridized carbons (Fsp3) is 0.227. The van der Waals surface area contributed by atoms with Crippen molar-refractivity contribution < 1.29 is 28.8 Å². The summed E-state index contributed by atoms with van der Waals surface area (Å²) in [6.45, 7) is 5.37. The van der Waals surface area contributed by atoms with Crippen LogP contribution in [0.1, 0.15) is 6.92 Å². The van der Waals surface area contributed by atoms with Crippen LogP contribution in [0.4, 0.5) is 0 Å². The van der Waals surface area contributed by atoms with Crippen molar-refractivity contribution in [1.29, 1.82) is 0 Å². The Labute approximate surface area is 167 Å². The maximum atomic E-state index is 12.9. The molecule has 0 bridgehead atoms. The normalized spacial score (nSPS) is 11.9. The van der Waals surface area contributed by atoms with E-state index in [0.29, 0.717) is 22.6 Å². The molecule has 0 saturated heterocycles. The van der Waals surface area contributed by atoms with Crippen molar-refractivity contribution in [2.24, 2.45) is 0 Å². The highest BCUT2D eigenvalue weighted by Gasteiger charge is 2.20. The van der Waals surface area contributed by atoms with Gasteiger partial charge in [0, 0.05) is 17.7 Å². The standard InChI is InChI=1S/C22H22O7/c1-12(2)18(11-23)28-14-7-5-13(6-8-14)21-22(27-4)20(25)19-16(24)9-15(26-3)10-17(19)29-21/h5-10,18,23-24H,1,11H2,2-4H3. The van der Waals surface area contributed by atoms with Crippen LogP contribution >= 0.6 is 0 Å². The Kier molecular flexibility index (Phi) is 5.79. The van der Waals surface area contributed by atoms with Gasteiger partial charge in [-0.25, -0.2) is 0 Å². The quantitative estimate of drug-likeness (QED) is 0.588. The Bertz CT molecular complexity index is 1100. The van der Waals surface area contributed by atoms with E-state index in [2.05, 4.69) is 6.58 Å². The number of ether oxygens (including phenoxy) is 3. The molecular formula is C22H22O7. The molecule has 0 radical (unpaired) electrons. The van der Waals surface area contributed by atoms with E-state index in [1.165, 1.54) is 26.4 Å². The summed E-state index contributed by atoms with van der Waals surface area (Å²) in [5, 5.41) is 19.6. The lowest BCUT2D eigenvalue weighted by atomic mass is 10.1. The highest BCUT2D eigenvalue weighted by Crippen LogP contribution is 2.36. The van der Waals surface area contributed by atoms with Gasteiger partial charge in [0.2, 0.25) is 11.2 Å². The second-order valence-corrected chi connectivity index (χ2v) is 6.47. The van der Waals surface area contributed by atoms with Gasteiger partial charge in [0.25, 0.3) is 0 Å². The number of rotatable bonds is 7. The highest BCUT2D eigenvalue weighted by molar-refractivity contribution is 5.88. The minimum atomic E-state index is -0.510. The van der Waals surface area contributed by atoms with Gasteiger partial charge < -0.3 is 28.8 Å². The molecule has 0 aliphatic rings. The Balaban J connectivity index is 2.09. The number of phenols is 1. The molecule has 1 atom stereocenters. The molecule has 0 aliphatic heterocycles. The minimum Gasteiger partial charge on any atom is -0.507 e. The van der Waals surface area contributed by atoms with Crippen LogP contribution in [0.2, 0.25) is 0 Å². The van der Waals surface area contributed by atoms with Crippen molar-refractivity contribution in [2.45, 2.75) is 13.0 Å². The predicted molar refractivity (Wildman–Crippen MR) is 109 cm³/mol. The molecule has 1 aromatic heterocycles. The van der Waals surface area contributed by atoms with Crippen LogP contribution in [0.25, 0.3) is 22.3 Å². The second kappa shape index (κ2) is 8.28. The minimum absolute atomic E-state index is 0.0126. The largest absolute Gasteiger partial charge is 0.507 e. The number of fused-ring (bicyclic) bond motifs is 1. The maximum absolute atomic E-state index is 12.9. The van der Waals surface area contributed by atoms with Crippen LogP contribution in [0.5, 0.6) is 23.0 Å². The molecule has 0 amide bonds. The van der Waals surface area contributed by atoms with Gasteiger partial charge in [-0.05, 0) is 36.8 Å². The zero-order valence-electron chi connectivity index (χ0n) is 16.4. The first-order valence-corrected chi connectivity index (χ1v) is 8.84. The molecule has 0 saturated carbocycles. The van der Waals surface area contributed by atoms with E-state index < -0.39 is 11.5 Å². The van der Waals surface area contributed by atoms with Gasteiger partial charge >= 0.3 is 0 Å². The maximum Gasteiger partial charge on any atom is 0.239 e. The smallest absolute Gasteiger partial charge is 0.239 e. The molecule has 0 fully saturated rings. The molecule has 2 N–H and O–H groups in total. The summed E-state index contributed by atoms with van der Waals surface area (Å²) in [6, 6.07) is 9.64. The highest BCUT2D eigenvalue weighted by atomic mass is 16.5. The predicted octanol–water partition coefficient (Wildman–Crippen LogP) is 3.50. The number of phenolic OH excluding ortho intramolecular Hbond substituents is 1. The van der Waals surface area contributed by atoms with Gasteiger partial charge in [-0.1, -0.05) is 6.58 Å². The summed E-state index contributed by atoms with van der Waals surface area (Å²) in [4.78, 5) is 12.9. The number of aliphatic hydroxyl groups is 1. The molecule has 7 heteroatoms. The Morgan fingerprint density at radius 2 is 1.83 bits per heavy atom. The van der Waals surface area contributed by atoms with E-state index in [0.717, 1.165) is 0 Å². The monoisotopic (exact) mass is 398 g/mol. The molecule has 0 aliphatic carbocycles. The molecular weight excluding hydrogens is 376 g/mol. The molecule has 3 rings (SSSR count). The van der Waals surface area contributed by atoms with Crippen molar-refractivity contribution in [2.75, 3.05) is 20.8 Å². The van der Waals surface area contributed by atoms with Gasteiger partial charge in [-0.15, -0.1) is 0 Å². The van der Waals surface area contributed by atoms with E-state index >= 15 is 0 Å². The first-order chi connectivity index (χ1) is 13.9. The third kappa shape index (κ3) is 3.90. The lowest BCUT2D eigenvalue weighted by Crippen LogP contribution is -2.21. The van der Waals surface area contributed by atoms with Crippen molar-refractivity contribution >= 4 is 11.0 Å². The number of aromatic hydroxyl groups is 1. The summed E-state index contributed by atoms with van der Waals surface area (Å²) in [5.41, 5.74) is 0.955. The lowest BCUT2D eigenvalue weighted by molar-refractivity contribution is 0.142. The zero-order valence-corrected chi connectivity index (χ0v) is 16.4. The van der Waals surface area contributed by atoms with Gasteiger partial charge in [-0.3, -0.25) is 4.79 Å². The fourth-order valence-electron chi connectivity index (χ4n) is 2.89. The SMILES string of the molecule is C=C(C)C(CO)Oc1ccc(-c2oc3cc(OC)cc(O)c3c(=O)c2OC)cc1. The molecule has 3 aromatic rings. The first-order valence-electron chi connectivity index (χ1n) is 8.84. The lowest BCUT2D eigenvalue weighted by Gasteiger charge is -2.17. The average Bonchev–Trinajstić information content (AvgIpc) is 2.71.